The van der Waals surface area contributed by atoms with E-state index in [4.69, 9.17) is 11.6 Å². The van der Waals surface area contributed by atoms with E-state index in [-0.39, 0.29) is 5.82 Å². The van der Waals surface area contributed by atoms with Gasteiger partial charge in [0, 0.05) is 43.4 Å². The molecule has 160 valence electrons. The lowest BCUT2D eigenvalue weighted by Crippen LogP contribution is -2.47. The van der Waals surface area contributed by atoms with Crippen LogP contribution in [0.15, 0.2) is 42.5 Å². The number of nitrogens with one attached hydrogen (secondary N) is 2. The van der Waals surface area contributed by atoms with E-state index < -0.39 is 11.8 Å². The Balaban J connectivity index is 1.35. The number of carbonyl (C=O) groups excluding carboxylic acids is 2. The van der Waals surface area contributed by atoms with Gasteiger partial charge in [-0.25, -0.2) is 4.39 Å². The third-order valence-corrected chi connectivity index (χ3v) is 5.63. The first-order chi connectivity index (χ1) is 14.5. The molecule has 3 rings (SSSR count). The fourth-order valence-corrected chi connectivity index (χ4v) is 3.60. The minimum atomic E-state index is -0.709. The average Bonchev–Trinajstić information content (AvgIpc) is 2.75. The number of carbonyl (C=O) groups is 2. The Bertz CT molecular complexity index is 900. The predicted octanol–water partition coefficient (Wildman–Crippen LogP) is 3.05. The minimum absolute atomic E-state index is 0.195. The molecule has 6 nitrogen and oxygen atoms in total. The number of anilines is 2. The first-order valence-electron chi connectivity index (χ1n) is 10.0. The molecule has 30 heavy (non-hydrogen) atoms. The highest BCUT2D eigenvalue weighted by Gasteiger charge is 2.19. The van der Waals surface area contributed by atoms with Gasteiger partial charge in [0.25, 0.3) is 0 Å². The van der Waals surface area contributed by atoms with Crippen molar-refractivity contribution in [2.24, 2.45) is 0 Å². The summed E-state index contributed by atoms with van der Waals surface area (Å²) in [5, 5.41) is 5.76. The van der Waals surface area contributed by atoms with Gasteiger partial charge in [-0.05, 0) is 49.7 Å². The van der Waals surface area contributed by atoms with Crippen molar-refractivity contribution in [2.45, 2.75) is 13.3 Å². The Morgan fingerprint density at radius 1 is 1.03 bits per heavy atom. The van der Waals surface area contributed by atoms with Crippen molar-refractivity contribution < 1.29 is 14.0 Å². The highest BCUT2D eigenvalue weighted by molar-refractivity contribution is 6.40. The number of piperazine rings is 1. The van der Waals surface area contributed by atoms with Gasteiger partial charge in [0.15, 0.2) is 0 Å². The van der Waals surface area contributed by atoms with Crippen LogP contribution in [0.1, 0.15) is 12.0 Å². The summed E-state index contributed by atoms with van der Waals surface area (Å²) < 4.78 is 13.9. The third kappa shape index (κ3) is 5.70. The molecule has 1 aliphatic heterocycles. The Morgan fingerprint density at radius 3 is 2.50 bits per heavy atom. The van der Waals surface area contributed by atoms with Gasteiger partial charge in [-0.2, -0.15) is 0 Å². The molecule has 1 saturated heterocycles. The van der Waals surface area contributed by atoms with E-state index in [0.717, 1.165) is 44.7 Å². The van der Waals surface area contributed by atoms with Gasteiger partial charge in [-0.1, -0.05) is 29.8 Å². The normalized spacial score (nSPS) is 14.4. The lowest BCUT2D eigenvalue weighted by Gasteiger charge is -2.36. The quantitative estimate of drug-likeness (QED) is 0.544. The number of amides is 2. The van der Waals surface area contributed by atoms with E-state index in [2.05, 4.69) is 20.4 Å². The molecule has 2 aromatic rings. The van der Waals surface area contributed by atoms with Crippen LogP contribution in [0.3, 0.4) is 0 Å². The number of hydrogen-bond acceptors (Lipinski definition) is 4. The number of nitrogens with zero attached hydrogens (tertiary/aromatic N) is 2. The maximum atomic E-state index is 13.9. The number of halogens is 2. The molecule has 2 N–H and O–H groups in total. The lowest BCUT2D eigenvalue weighted by atomic mass is 10.2. The van der Waals surface area contributed by atoms with Crippen molar-refractivity contribution in [1.82, 2.24) is 10.2 Å². The third-order valence-electron chi connectivity index (χ3n) is 5.22. The first-order valence-corrected chi connectivity index (χ1v) is 10.4. The maximum Gasteiger partial charge on any atom is 0.313 e. The summed E-state index contributed by atoms with van der Waals surface area (Å²) in [6.45, 7) is 6.17. The van der Waals surface area contributed by atoms with Crippen LogP contribution in [-0.2, 0) is 9.59 Å². The number of hydrogen-bond donors (Lipinski definition) is 2. The Kier molecular flexibility index (Phi) is 7.65. The summed E-state index contributed by atoms with van der Waals surface area (Å²) in [5.41, 5.74) is 1.88. The van der Waals surface area contributed by atoms with Crippen LogP contribution in [-0.4, -0.2) is 56.0 Å². The summed E-state index contributed by atoms with van der Waals surface area (Å²) in [7, 11) is 0. The van der Waals surface area contributed by atoms with Gasteiger partial charge in [0.2, 0.25) is 0 Å². The Labute approximate surface area is 181 Å². The Hall–Kier alpha value is -2.64. The fraction of sp³-hybridized carbons (Fsp3) is 0.364. The van der Waals surface area contributed by atoms with Gasteiger partial charge < -0.3 is 15.5 Å². The van der Waals surface area contributed by atoms with Crippen LogP contribution < -0.4 is 15.5 Å². The molecule has 1 heterocycles. The van der Waals surface area contributed by atoms with Crippen molar-refractivity contribution in [2.75, 3.05) is 49.5 Å². The molecule has 2 aromatic carbocycles. The highest BCUT2D eigenvalue weighted by atomic mass is 35.5. The Morgan fingerprint density at radius 2 is 1.77 bits per heavy atom. The minimum Gasteiger partial charge on any atom is -0.367 e. The molecule has 0 aliphatic carbocycles. The number of rotatable bonds is 6. The van der Waals surface area contributed by atoms with Crippen LogP contribution in [0, 0.1) is 12.7 Å². The predicted molar refractivity (Wildman–Crippen MR) is 117 cm³/mol. The van der Waals surface area contributed by atoms with Gasteiger partial charge >= 0.3 is 11.8 Å². The van der Waals surface area contributed by atoms with Crippen LogP contribution in [0.2, 0.25) is 5.02 Å². The second-order valence-electron chi connectivity index (χ2n) is 7.26. The molecular weight excluding hydrogens is 407 g/mol. The van der Waals surface area contributed by atoms with E-state index >= 15 is 0 Å². The van der Waals surface area contributed by atoms with Gasteiger partial charge in [-0.15, -0.1) is 0 Å². The summed E-state index contributed by atoms with van der Waals surface area (Å²) in [6.07, 6.45) is 0.731. The average molecular weight is 433 g/mol. The molecule has 0 spiro atoms. The molecule has 1 aliphatic rings. The standard InChI is InChI=1S/C22H26ClFN4O2/c1-16-17(23)6-4-8-19(16)26-22(30)21(29)25-10-5-11-27-12-14-28(15-13-27)20-9-3-2-7-18(20)24/h2-4,6-9H,5,10-15H2,1H3,(H,25,29)(H,26,30). The van der Waals surface area contributed by atoms with E-state index in [0.29, 0.717) is 22.9 Å². The van der Waals surface area contributed by atoms with Crippen LogP contribution in [0.25, 0.3) is 0 Å². The smallest absolute Gasteiger partial charge is 0.313 e. The van der Waals surface area contributed by atoms with Crippen molar-refractivity contribution in [3.8, 4) is 0 Å². The topological polar surface area (TPSA) is 64.7 Å². The summed E-state index contributed by atoms with van der Waals surface area (Å²) in [4.78, 5) is 28.4. The van der Waals surface area contributed by atoms with Gasteiger partial charge in [-0.3, -0.25) is 14.5 Å². The zero-order chi connectivity index (χ0) is 21.5. The molecule has 1 fully saturated rings. The SMILES string of the molecule is Cc1c(Cl)cccc1NC(=O)C(=O)NCCCN1CCN(c2ccccc2F)CC1. The maximum absolute atomic E-state index is 13.9. The molecule has 0 saturated carbocycles. The summed E-state index contributed by atoms with van der Waals surface area (Å²) in [6, 6.07) is 12.0. The van der Waals surface area contributed by atoms with Gasteiger partial charge in [0.05, 0.1) is 5.69 Å². The zero-order valence-electron chi connectivity index (χ0n) is 17.0. The van der Waals surface area contributed by atoms with Crippen LogP contribution in [0.4, 0.5) is 15.8 Å². The highest BCUT2D eigenvalue weighted by Crippen LogP contribution is 2.23. The van der Waals surface area contributed by atoms with E-state index in [1.165, 1.54) is 6.07 Å². The largest absolute Gasteiger partial charge is 0.367 e. The second-order valence-corrected chi connectivity index (χ2v) is 7.66. The monoisotopic (exact) mass is 432 g/mol. The van der Waals surface area contributed by atoms with Crippen molar-refractivity contribution in [1.29, 1.82) is 0 Å². The molecule has 8 heteroatoms. The molecule has 0 aromatic heterocycles. The van der Waals surface area contributed by atoms with Crippen molar-refractivity contribution in [3.63, 3.8) is 0 Å². The van der Waals surface area contributed by atoms with Crippen molar-refractivity contribution in [3.05, 3.63) is 58.9 Å². The van der Waals surface area contributed by atoms with Crippen molar-refractivity contribution >= 4 is 34.8 Å². The summed E-state index contributed by atoms with van der Waals surface area (Å²) in [5.74, 6) is -1.57. The molecule has 0 atom stereocenters. The van der Waals surface area contributed by atoms with Crippen LogP contribution >= 0.6 is 11.6 Å². The second kappa shape index (κ2) is 10.4. The number of para-hydroxylation sites is 1. The van der Waals surface area contributed by atoms with E-state index in [1.54, 1.807) is 37.3 Å². The molecule has 2 amide bonds. The fourth-order valence-electron chi connectivity index (χ4n) is 3.43. The lowest BCUT2D eigenvalue weighted by molar-refractivity contribution is -0.136. The zero-order valence-corrected chi connectivity index (χ0v) is 17.7. The summed E-state index contributed by atoms with van der Waals surface area (Å²) >= 11 is 6.03. The first kappa shape index (κ1) is 22.1. The van der Waals surface area contributed by atoms with E-state index in [9.17, 15) is 14.0 Å². The molecule has 0 bridgehead atoms. The number of benzene rings is 2. The molecule has 0 radical (unpaired) electrons. The van der Waals surface area contributed by atoms with E-state index in [1.807, 2.05) is 6.07 Å². The molecule has 0 unspecified atom stereocenters. The van der Waals surface area contributed by atoms with Gasteiger partial charge in [0.1, 0.15) is 5.82 Å². The molecular formula is C22H26ClFN4O2. The van der Waals surface area contributed by atoms with Crippen LogP contribution in [0.5, 0.6) is 0 Å².